The van der Waals surface area contributed by atoms with Gasteiger partial charge in [0.25, 0.3) is 0 Å². The van der Waals surface area contributed by atoms with E-state index in [1.54, 1.807) is 11.6 Å². The summed E-state index contributed by atoms with van der Waals surface area (Å²) in [5, 5.41) is 21.7. The second-order valence-corrected chi connectivity index (χ2v) is 5.02. The Kier molecular flexibility index (Phi) is 4.54. The van der Waals surface area contributed by atoms with Crippen LogP contribution in [0.4, 0.5) is 5.69 Å². The first-order valence-corrected chi connectivity index (χ1v) is 6.81. The van der Waals surface area contributed by atoms with Crippen LogP contribution in [0.5, 0.6) is 0 Å². The molecule has 0 saturated heterocycles. The molecule has 0 atom stereocenters. The predicted octanol–water partition coefficient (Wildman–Crippen LogP) is 0.848. The lowest BCUT2D eigenvalue weighted by Crippen LogP contribution is -2.25. The molecule has 0 fully saturated rings. The number of hydrogen-bond donors (Lipinski definition) is 1. The van der Waals surface area contributed by atoms with Gasteiger partial charge in [-0.25, -0.2) is 0 Å². The molecule has 0 aliphatic rings. The topological polar surface area (TPSA) is 108 Å². The number of carbonyl (C=O) groups excluding carboxylic acids is 1. The molecule has 0 spiro atoms. The molecule has 2 heterocycles. The fourth-order valence-electron chi connectivity index (χ4n) is 2.16. The van der Waals surface area contributed by atoms with Gasteiger partial charge >= 0.3 is 5.69 Å². The van der Waals surface area contributed by atoms with Crippen LogP contribution in [0.15, 0.2) is 12.3 Å². The van der Waals surface area contributed by atoms with Crippen LogP contribution in [0.25, 0.3) is 0 Å². The van der Waals surface area contributed by atoms with E-state index in [9.17, 15) is 14.9 Å². The number of rotatable bonds is 6. The third-order valence-electron chi connectivity index (χ3n) is 3.39. The number of nitro groups is 1. The minimum atomic E-state index is -0.482. The Morgan fingerprint density at radius 2 is 2.18 bits per heavy atom. The van der Waals surface area contributed by atoms with Crippen LogP contribution in [-0.4, -0.2) is 30.4 Å². The van der Waals surface area contributed by atoms with E-state index in [0.29, 0.717) is 18.8 Å². The minimum absolute atomic E-state index is 0.0363. The van der Waals surface area contributed by atoms with Gasteiger partial charge in [0.2, 0.25) is 5.91 Å². The number of carbonyl (C=O) groups is 1. The predicted molar refractivity (Wildman–Crippen MR) is 78.0 cm³/mol. The number of nitrogens with one attached hydrogen (secondary N) is 1. The van der Waals surface area contributed by atoms with Gasteiger partial charge in [-0.05, 0) is 19.9 Å². The summed E-state index contributed by atoms with van der Waals surface area (Å²) in [4.78, 5) is 22.1. The summed E-state index contributed by atoms with van der Waals surface area (Å²) in [5.74, 6) is -0.142. The standard InChI is InChI=1S/C13H18N6O3/c1-9-6-11(17(3)16-9)7-14-13(20)4-5-18-10(2)12(8-15-18)19(21)22/h6,8H,4-5,7H2,1-3H3,(H,14,20). The first-order chi connectivity index (χ1) is 10.4. The Morgan fingerprint density at radius 1 is 1.45 bits per heavy atom. The fraction of sp³-hybridized carbons (Fsp3) is 0.462. The second kappa shape index (κ2) is 6.37. The normalized spacial score (nSPS) is 10.7. The molecule has 0 bridgehead atoms. The maximum absolute atomic E-state index is 11.8. The molecule has 9 nitrogen and oxygen atoms in total. The van der Waals surface area contributed by atoms with Crippen molar-refractivity contribution in [3.8, 4) is 0 Å². The highest BCUT2D eigenvalue weighted by molar-refractivity contribution is 5.75. The molecule has 0 aromatic carbocycles. The van der Waals surface area contributed by atoms with Crippen LogP contribution in [0.3, 0.4) is 0 Å². The van der Waals surface area contributed by atoms with Gasteiger partial charge in [0.1, 0.15) is 11.9 Å². The lowest BCUT2D eigenvalue weighted by atomic mass is 10.3. The summed E-state index contributed by atoms with van der Waals surface area (Å²) >= 11 is 0. The SMILES string of the molecule is Cc1cc(CNC(=O)CCn2ncc([N+](=O)[O-])c2C)n(C)n1. The zero-order chi connectivity index (χ0) is 16.3. The average molecular weight is 306 g/mol. The zero-order valence-corrected chi connectivity index (χ0v) is 12.7. The molecule has 0 aliphatic carbocycles. The van der Waals surface area contributed by atoms with Crippen molar-refractivity contribution in [2.24, 2.45) is 7.05 Å². The zero-order valence-electron chi connectivity index (χ0n) is 12.7. The van der Waals surface area contributed by atoms with Gasteiger partial charge in [-0.2, -0.15) is 10.2 Å². The van der Waals surface area contributed by atoms with Crippen LogP contribution in [-0.2, 0) is 24.9 Å². The van der Waals surface area contributed by atoms with Crippen molar-refractivity contribution in [3.63, 3.8) is 0 Å². The van der Waals surface area contributed by atoms with E-state index < -0.39 is 4.92 Å². The third kappa shape index (κ3) is 3.48. The first-order valence-electron chi connectivity index (χ1n) is 6.81. The molecular formula is C13H18N6O3. The molecule has 9 heteroatoms. The van der Waals surface area contributed by atoms with Gasteiger partial charge in [0, 0.05) is 13.5 Å². The monoisotopic (exact) mass is 306 g/mol. The number of aromatic nitrogens is 4. The maximum atomic E-state index is 11.8. The quantitative estimate of drug-likeness (QED) is 0.628. The summed E-state index contributed by atoms with van der Waals surface area (Å²) in [6, 6.07) is 1.90. The minimum Gasteiger partial charge on any atom is -0.350 e. The van der Waals surface area contributed by atoms with Gasteiger partial charge < -0.3 is 5.32 Å². The fourth-order valence-corrected chi connectivity index (χ4v) is 2.16. The van der Waals surface area contributed by atoms with Gasteiger partial charge in [-0.3, -0.25) is 24.3 Å². The van der Waals surface area contributed by atoms with Crippen molar-refractivity contribution in [1.82, 2.24) is 24.9 Å². The van der Waals surface area contributed by atoms with E-state index in [-0.39, 0.29) is 18.0 Å². The number of aryl methyl sites for hydroxylation is 3. The van der Waals surface area contributed by atoms with Crippen LogP contribution < -0.4 is 5.32 Å². The largest absolute Gasteiger partial charge is 0.350 e. The molecule has 2 aromatic rings. The molecule has 0 saturated carbocycles. The van der Waals surface area contributed by atoms with Gasteiger partial charge in [-0.1, -0.05) is 0 Å². The van der Waals surface area contributed by atoms with Crippen molar-refractivity contribution < 1.29 is 9.72 Å². The summed E-state index contributed by atoms with van der Waals surface area (Å²) in [6.45, 7) is 4.20. The van der Waals surface area contributed by atoms with E-state index >= 15 is 0 Å². The molecule has 0 radical (unpaired) electrons. The molecule has 1 N–H and O–H groups in total. The molecule has 1 amide bonds. The lowest BCUT2D eigenvalue weighted by Gasteiger charge is -2.06. The van der Waals surface area contributed by atoms with Gasteiger partial charge in [0.15, 0.2) is 0 Å². The summed E-state index contributed by atoms with van der Waals surface area (Å²) in [5.41, 5.74) is 2.22. The third-order valence-corrected chi connectivity index (χ3v) is 3.39. The highest BCUT2D eigenvalue weighted by atomic mass is 16.6. The highest BCUT2D eigenvalue weighted by Crippen LogP contribution is 2.16. The van der Waals surface area contributed by atoms with Crippen LogP contribution in [0.2, 0.25) is 0 Å². The molecule has 22 heavy (non-hydrogen) atoms. The number of hydrogen-bond acceptors (Lipinski definition) is 5. The summed E-state index contributed by atoms with van der Waals surface area (Å²) in [7, 11) is 1.82. The Morgan fingerprint density at radius 3 is 2.73 bits per heavy atom. The van der Waals surface area contributed by atoms with Crippen molar-refractivity contribution in [2.45, 2.75) is 33.4 Å². The molecule has 0 unspecified atom stereocenters. The average Bonchev–Trinajstić information content (AvgIpc) is 2.96. The van der Waals surface area contributed by atoms with E-state index in [1.165, 1.54) is 10.9 Å². The van der Waals surface area contributed by atoms with Gasteiger partial charge in [0.05, 0.1) is 29.4 Å². The molecule has 0 aliphatic heterocycles. The van der Waals surface area contributed by atoms with Crippen LogP contribution >= 0.6 is 0 Å². The summed E-state index contributed by atoms with van der Waals surface area (Å²) in [6.07, 6.45) is 1.40. The number of amides is 1. The molecule has 2 aromatic heterocycles. The highest BCUT2D eigenvalue weighted by Gasteiger charge is 2.16. The van der Waals surface area contributed by atoms with Crippen molar-refractivity contribution >= 4 is 11.6 Å². The Balaban J connectivity index is 1.85. The maximum Gasteiger partial charge on any atom is 0.309 e. The Labute approximate surface area is 127 Å². The lowest BCUT2D eigenvalue weighted by molar-refractivity contribution is -0.385. The Bertz CT molecular complexity index is 703. The van der Waals surface area contributed by atoms with E-state index in [4.69, 9.17) is 0 Å². The second-order valence-electron chi connectivity index (χ2n) is 5.02. The van der Waals surface area contributed by atoms with Crippen LogP contribution in [0, 0.1) is 24.0 Å². The van der Waals surface area contributed by atoms with Crippen LogP contribution in [0.1, 0.15) is 23.5 Å². The van der Waals surface area contributed by atoms with E-state index in [1.807, 2.05) is 20.0 Å². The van der Waals surface area contributed by atoms with Crippen molar-refractivity contribution in [1.29, 1.82) is 0 Å². The Hall–Kier alpha value is -2.71. The molecule has 2 rings (SSSR count). The molecular weight excluding hydrogens is 288 g/mol. The van der Waals surface area contributed by atoms with E-state index in [0.717, 1.165) is 11.4 Å². The van der Waals surface area contributed by atoms with E-state index in [2.05, 4.69) is 15.5 Å². The summed E-state index contributed by atoms with van der Waals surface area (Å²) < 4.78 is 3.18. The number of nitrogens with zero attached hydrogens (tertiary/aromatic N) is 5. The molecule has 118 valence electrons. The first kappa shape index (κ1) is 15.7. The van der Waals surface area contributed by atoms with Crippen molar-refractivity contribution in [3.05, 3.63) is 39.5 Å². The van der Waals surface area contributed by atoms with Gasteiger partial charge in [-0.15, -0.1) is 0 Å². The van der Waals surface area contributed by atoms with Crippen molar-refractivity contribution in [2.75, 3.05) is 0 Å². The smallest absolute Gasteiger partial charge is 0.309 e.